The lowest BCUT2D eigenvalue weighted by molar-refractivity contribution is -0.140. The van der Waals surface area contributed by atoms with E-state index in [4.69, 9.17) is 4.74 Å². The molecule has 0 aliphatic heterocycles. The molecule has 3 aromatic carbocycles. The van der Waals surface area contributed by atoms with Gasteiger partial charge in [-0.1, -0.05) is 43.7 Å². The lowest BCUT2D eigenvalue weighted by Gasteiger charge is -2.33. The fourth-order valence-electron chi connectivity index (χ4n) is 4.19. The molecule has 0 aromatic heterocycles. The van der Waals surface area contributed by atoms with E-state index in [1.165, 1.54) is 48.4 Å². The number of hydrogen-bond acceptors (Lipinski definition) is 5. The number of hydrogen-bond donors (Lipinski definition) is 1. The van der Waals surface area contributed by atoms with Crippen LogP contribution in [0.25, 0.3) is 0 Å². The van der Waals surface area contributed by atoms with Crippen molar-refractivity contribution in [3.8, 4) is 5.75 Å². The molecule has 0 aliphatic carbocycles. The maximum absolute atomic E-state index is 14.0. The van der Waals surface area contributed by atoms with Crippen molar-refractivity contribution in [3.63, 3.8) is 0 Å². The number of aryl methyl sites for hydroxylation is 1. The lowest BCUT2D eigenvalue weighted by atomic mass is 10.1. The summed E-state index contributed by atoms with van der Waals surface area (Å²) in [5, 5.41) is 2.83. The van der Waals surface area contributed by atoms with Crippen LogP contribution in [0, 0.1) is 12.7 Å². The minimum Gasteiger partial charge on any atom is -0.497 e. The van der Waals surface area contributed by atoms with E-state index >= 15 is 0 Å². The molecule has 0 heterocycles. The summed E-state index contributed by atoms with van der Waals surface area (Å²) in [6.07, 6.45) is 1.02. The van der Waals surface area contributed by atoms with Gasteiger partial charge in [0.1, 0.15) is 24.2 Å². The smallest absolute Gasteiger partial charge is 0.264 e. The van der Waals surface area contributed by atoms with Gasteiger partial charge >= 0.3 is 0 Å². The number of nitrogens with zero attached hydrogens (tertiary/aromatic N) is 2. The van der Waals surface area contributed by atoms with E-state index in [0.29, 0.717) is 30.7 Å². The number of nitrogens with one attached hydrogen (secondary N) is 1. The van der Waals surface area contributed by atoms with Crippen molar-refractivity contribution in [2.75, 3.05) is 24.5 Å². The minimum atomic E-state index is -4.17. The first-order chi connectivity index (χ1) is 19.1. The Bertz CT molecular complexity index is 1380. The van der Waals surface area contributed by atoms with E-state index in [1.807, 2.05) is 13.8 Å². The van der Waals surface area contributed by atoms with Crippen LogP contribution >= 0.6 is 0 Å². The van der Waals surface area contributed by atoms with E-state index < -0.39 is 34.3 Å². The van der Waals surface area contributed by atoms with E-state index in [1.54, 1.807) is 43.3 Å². The number of methoxy groups -OCH3 is 1. The second kappa shape index (κ2) is 13.9. The molecule has 1 atom stereocenters. The number of carbonyl (C=O) groups is 2. The van der Waals surface area contributed by atoms with Crippen LogP contribution in [0.3, 0.4) is 0 Å². The summed E-state index contributed by atoms with van der Waals surface area (Å²) >= 11 is 0. The number of ether oxygens (including phenoxy) is 1. The third-order valence-electron chi connectivity index (χ3n) is 6.45. The number of sulfonamides is 1. The SMILES string of the molecule is CCCNC(=O)[C@H](CC)N(Cc1ccc(F)cc1)C(=O)CN(c1ccc(OC)cc1)S(=O)(=O)c1ccc(C)cc1. The largest absolute Gasteiger partial charge is 0.497 e. The fourth-order valence-corrected chi connectivity index (χ4v) is 5.60. The number of halogens is 1. The first-order valence-electron chi connectivity index (χ1n) is 13.2. The zero-order chi connectivity index (χ0) is 29.3. The molecular formula is C30H36FN3O5S. The normalized spacial score (nSPS) is 11.9. The van der Waals surface area contributed by atoms with Crippen LogP contribution in [0.15, 0.2) is 77.7 Å². The average Bonchev–Trinajstić information content (AvgIpc) is 2.95. The Hall–Kier alpha value is -3.92. The first-order valence-corrected chi connectivity index (χ1v) is 14.6. The van der Waals surface area contributed by atoms with E-state index in [9.17, 15) is 22.4 Å². The molecule has 2 amide bonds. The molecule has 10 heteroatoms. The molecular weight excluding hydrogens is 533 g/mol. The Labute approximate surface area is 235 Å². The molecule has 0 fully saturated rings. The van der Waals surface area contributed by atoms with Gasteiger partial charge in [0.25, 0.3) is 10.0 Å². The number of amides is 2. The van der Waals surface area contributed by atoms with Gasteiger partial charge in [-0.3, -0.25) is 13.9 Å². The standard InChI is InChI=1S/C30H36FN3O5S/c1-5-19-32-30(36)28(6-2)33(20-23-9-11-24(31)12-10-23)29(35)21-34(25-13-15-26(39-4)16-14-25)40(37,38)27-17-7-22(3)8-18-27/h7-18,28H,5-6,19-21H2,1-4H3,(H,32,36)/t28-/m0/s1. The van der Waals surface area contributed by atoms with Gasteiger partial charge in [-0.05, 0) is 73.9 Å². The quantitative estimate of drug-likeness (QED) is 0.323. The number of carbonyl (C=O) groups excluding carboxylic acids is 2. The van der Waals surface area contributed by atoms with Crippen LogP contribution in [0.4, 0.5) is 10.1 Å². The van der Waals surface area contributed by atoms with Crippen molar-refractivity contribution in [1.29, 1.82) is 0 Å². The van der Waals surface area contributed by atoms with E-state index in [0.717, 1.165) is 9.87 Å². The van der Waals surface area contributed by atoms with Crippen molar-refractivity contribution in [1.82, 2.24) is 10.2 Å². The van der Waals surface area contributed by atoms with Crippen LogP contribution in [0.5, 0.6) is 5.75 Å². The van der Waals surface area contributed by atoms with Crippen LogP contribution < -0.4 is 14.4 Å². The van der Waals surface area contributed by atoms with E-state index in [2.05, 4.69) is 5.32 Å². The van der Waals surface area contributed by atoms with Gasteiger partial charge in [0.15, 0.2) is 0 Å². The Morgan fingerprint density at radius 1 is 0.950 bits per heavy atom. The van der Waals surface area contributed by atoms with Gasteiger partial charge in [-0.2, -0.15) is 0 Å². The second-order valence-corrected chi connectivity index (χ2v) is 11.2. The monoisotopic (exact) mass is 569 g/mol. The van der Waals surface area contributed by atoms with Crippen LogP contribution in [0.2, 0.25) is 0 Å². The van der Waals surface area contributed by atoms with Crippen molar-refractivity contribution in [2.45, 2.75) is 51.1 Å². The maximum Gasteiger partial charge on any atom is 0.264 e. The van der Waals surface area contributed by atoms with Crippen LogP contribution in [-0.2, 0) is 26.2 Å². The molecule has 40 heavy (non-hydrogen) atoms. The molecule has 0 saturated carbocycles. The molecule has 0 saturated heterocycles. The van der Waals surface area contributed by atoms with Crippen LogP contribution in [-0.4, -0.2) is 51.4 Å². The summed E-state index contributed by atoms with van der Waals surface area (Å²) in [5.41, 5.74) is 1.76. The molecule has 8 nitrogen and oxygen atoms in total. The van der Waals surface area contributed by atoms with E-state index in [-0.39, 0.29) is 23.0 Å². The molecule has 1 N–H and O–H groups in total. The molecule has 3 aromatic rings. The first kappa shape index (κ1) is 30.6. The molecule has 0 unspecified atom stereocenters. The molecule has 0 aliphatic rings. The van der Waals surface area contributed by atoms with Gasteiger partial charge in [-0.15, -0.1) is 0 Å². The Balaban J connectivity index is 2.04. The van der Waals surface area contributed by atoms with Crippen LogP contribution in [0.1, 0.15) is 37.8 Å². The molecule has 0 radical (unpaired) electrons. The zero-order valence-electron chi connectivity index (χ0n) is 23.3. The Kier molecular flexibility index (Phi) is 10.7. The highest BCUT2D eigenvalue weighted by Gasteiger charge is 2.33. The topological polar surface area (TPSA) is 96.0 Å². The fraction of sp³-hybridized carbons (Fsp3) is 0.333. The zero-order valence-corrected chi connectivity index (χ0v) is 24.1. The van der Waals surface area contributed by atoms with Gasteiger partial charge in [0.2, 0.25) is 11.8 Å². The highest BCUT2D eigenvalue weighted by atomic mass is 32.2. The summed E-state index contributed by atoms with van der Waals surface area (Å²) < 4.78 is 47.6. The third kappa shape index (κ3) is 7.59. The number of rotatable bonds is 13. The lowest BCUT2D eigenvalue weighted by Crippen LogP contribution is -2.52. The summed E-state index contributed by atoms with van der Waals surface area (Å²) in [6.45, 7) is 5.44. The summed E-state index contributed by atoms with van der Waals surface area (Å²) in [4.78, 5) is 28.5. The maximum atomic E-state index is 14.0. The van der Waals surface area contributed by atoms with Crippen molar-refractivity contribution < 1.29 is 27.1 Å². The number of benzene rings is 3. The second-order valence-electron chi connectivity index (χ2n) is 9.39. The highest BCUT2D eigenvalue weighted by molar-refractivity contribution is 7.92. The summed E-state index contributed by atoms with van der Waals surface area (Å²) in [7, 11) is -2.67. The summed E-state index contributed by atoms with van der Waals surface area (Å²) in [6, 6.07) is 17.5. The van der Waals surface area contributed by atoms with Gasteiger partial charge in [0.05, 0.1) is 17.7 Å². The minimum absolute atomic E-state index is 0.00179. The van der Waals surface area contributed by atoms with Gasteiger partial charge in [0, 0.05) is 13.1 Å². The Morgan fingerprint density at radius 3 is 2.12 bits per heavy atom. The number of anilines is 1. The van der Waals surface area contributed by atoms with Crippen molar-refractivity contribution in [3.05, 3.63) is 89.7 Å². The predicted octanol–water partition coefficient (Wildman–Crippen LogP) is 4.67. The molecule has 0 spiro atoms. The molecule has 3 rings (SSSR count). The van der Waals surface area contributed by atoms with Gasteiger partial charge in [-0.25, -0.2) is 12.8 Å². The Morgan fingerprint density at radius 2 is 1.57 bits per heavy atom. The van der Waals surface area contributed by atoms with Gasteiger partial charge < -0.3 is 15.0 Å². The summed E-state index contributed by atoms with van der Waals surface area (Å²) in [5.74, 6) is -0.810. The highest BCUT2D eigenvalue weighted by Crippen LogP contribution is 2.27. The average molecular weight is 570 g/mol. The van der Waals surface area contributed by atoms with Crippen molar-refractivity contribution in [2.24, 2.45) is 0 Å². The van der Waals surface area contributed by atoms with Crippen molar-refractivity contribution >= 4 is 27.5 Å². The third-order valence-corrected chi connectivity index (χ3v) is 8.24. The predicted molar refractivity (Wildman–Crippen MR) is 153 cm³/mol. The molecule has 214 valence electrons. The molecule has 0 bridgehead atoms.